The predicted molar refractivity (Wildman–Crippen MR) is 160 cm³/mol. The fraction of sp³-hybridized carbons (Fsp3) is 0.258. The Hall–Kier alpha value is -5.05. The number of carbonyl (C=O) groups is 3. The number of amides is 4. The molecule has 0 spiro atoms. The van der Waals surface area contributed by atoms with Crippen molar-refractivity contribution in [3.63, 3.8) is 0 Å². The van der Waals surface area contributed by atoms with Crippen LogP contribution in [0.2, 0.25) is 0 Å². The third-order valence-electron chi connectivity index (χ3n) is 7.10. The number of carbonyl (C=O) groups excluding carboxylic acids is 3. The molecule has 0 aliphatic carbocycles. The minimum absolute atomic E-state index is 0.258. The zero-order valence-corrected chi connectivity index (χ0v) is 23.2. The van der Waals surface area contributed by atoms with Crippen molar-refractivity contribution >= 4 is 40.6 Å². The summed E-state index contributed by atoms with van der Waals surface area (Å²) in [6.07, 6.45) is -1.30. The summed E-state index contributed by atoms with van der Waals surface area (Å²) >= 11 is 0. The molecule has 2 heterocycles. The monoisotopic (exact) mass is 565 g/mol. The molecule has 11 heteroatoms. The van der Waals surface area contributed by atoms with Crippen molar-refractivity contribution in [1.29, 1.82) is 5.26 Å². The van der Waals surface area contributed by atoms with Crippen LogP contribution in [0.25, 0.3) is 0 Å². The van der Waals surface area contributed by atoms with Crippen LogP contribution in [0.15, 0.2) is 83.9 Å². The van der Waals surface area contributed by atoms with E-state index in [9.17, 15) is 19.6 Å². The second kappa shape index (κ2) is 13.1. The number of morpholine rings is 1. The molecule has 42 heavy (non-hydrogen) atoms. The summed E-state index contributed by atoms with van der Waals surface area (Å²) in [5.74, 6) is -0.854. The molecular weight excluding hydrogens is 534 g/mol. The van der Waals surface area contributed by atoms with Crippen LogP contribution in [0.5, 0.6) is 0 Å². The van der Waals surface area contributed by atoms with Gasteiger partial charge in [0, 0.05) is 43.6 Å². The van der Waals surface area contributed by atoms with Gasteiger partial charge in [0.05, 0.1) is 36.2 Å². The van der Waals surface area contributed by atoms with Crippen molar-refractivity contribution in [3.05, 3.63) is 90.0 Å². The van der Waals surface area contributed by atoms with Gasteiger partial charge in [-0.15, -0.1) is 0 Å². The number of benzene rings is 3. The Kier molecular flexibility index (Phi) is 8.87. The van der Waals surface area contributed by atoms with Crippen LogP contribution in [0.4, 0.5) is 21.9 Å². The van der Waals surface area contributed by atoms with Gasteiger partial charge in [0.15, 0.2) is 0 Å². The SMILES string of the molecule is CN(C(=O)CN1C(=O)C(NC(=O)Nc2cccc(C#N)c2)N=C(CN2CCOCC2)c2ccccc21)c1ccccc1. The summed E-state index contributed by atoms with van der Waals surface area (Å²) in [7, 11) is 1.66. The number of nitrogens with one attached hydrogen (secondary N) is 2. The molecule has 0 radical (unpaired) electrons. The largest absolute Gasteiger partial charge is 0.379 e. The van der Waals surface area contributed by atoms with E-state index in [0.717, 1.165) is 0 Å². The molecule has 4 amide bonds. The van der Waals surface area contributed by atoms with Gasteiger partial charge in [0.1, 0.15) is 6.54 Å². The number of fused-ring (bicyclic) bond motifs is 1. The zero-order valence-electron chi connectivity index (χ0n) is 23.2. The number of benzodiazepines with no additional fused rings is 1. The number of ether oxygens (including phenoxy) is 1. The number of para-hydroxylation sites is 2. The lowest BCUT2D eigenvalue weighted by Gasteiger charge is -2.28. The van der Waals surface area contributed by atoms with Crippen molar-refractivity contribution in [2.75, 3.05) is 61.6 Å². The van der Waals surface area contributed by atoms with Gasteiger partial charge in [-0.2, -0.15) is 5.26 Å². The number of aliphatic imine (C=N–C) groups is 1. The van der Waals surface area contributed by atoms with Crippen LogP contribution < -0.4 is 20.4 Å². The highest BCUT2D eigenvalue weighted by Crippen LogP contribution is 2.27. The first-order valence-corrected chi connectivity index (χ1v) is 13.6. The number of hydrogen-bond donors (Lipinski definition) is 2. The van der Waals surface area contributed by atoms with E-state index in [-0.39, 0.29) is 12.5 Å². The van der Waals surface area contributed by atoms with E-state index < -0.39 is 18.1 Å². The van der Waals surface area contributed by atoms with Crippen molar-refractivity contribution in [1.82, 2.24) is 10.2 Å². The number of hydrogen-bond acceptors (Lipinski definition) is 7. The summed E-state index contributed by atoms with van der Waals surface area (Å²) < 4.78 is 5.50. The molecule has 214 valence electrons. The van der Waals surface area contributed by atoms with Gasteiger partial charge in [-0.1, -0.05) is 42.5 Å². The van der Waals surface area contributed by atoms with Crippen molar-refractivity contribution in [2.45, 2.75) is 6.17 Å². The summed E-state index contributed by atoms with van der Waals surface area (Å²) in [6, 6.07) is 24.3. The molecule has 5 rings (SSSR count). The van der Waals surface area contributed by atoms with Crippen molar-refractivity contribution < 1.29 is 19.1 Å². The molecule has 2 aliphatic rings. The maximum absolute atomic E-state index is 14.1. The maximum atomic E-state index is 14.1. The van der Waals surface area contributed by atoms with Crippen molar-refractivity contribution in [2.24, 2.45) is 4.99 Å². The van der Waals surface area contributed by atoms with E-state index in [2.05, 4.69) is 15.5 Å². The molecule has 11 nitrogen and oxygen atoms in total. The van der Waals surface area contributed by atoms with Crippen LogP contribution in [0.3, 0.4) is 0 Å². The maximum Gasteiger partial charge on any atom is 0.321 e. The van der Waals surface area contributed by atoms with E-state index in [0.29, 0.717) is 66.7 Å². The Balaban J connectivity index is 1.46. The molecule has 1 unspecified atom stereocenters. The molecule has 0 bridgehead atoms. The number of urea groups is 1. The standard InChI is InChI=1S/C31H31N7O4/c1-36(24-10-3-2-4-11-24)28(39)21-38-27-13-6-5-12-25(27)26(20-37-14-16-42-17-15-37)34-29(30(38)40)35-31(41)33-23-9-7-8-22(18-23)19-32/h2-13,18,29H,14-17,20-21H2,1H3,(H2,33,35,41). The zero-order chi connectivity index (χ0) is 29.5. The highest BCUT2D eigenvalue weighted by Gasteiger charge is 2.35. The third kappa shape index (κ3) is 6.63. The van der Waals surface area contributed by atoms with E-state index in [1.165, 1.54) is 15.9 Å². The van der Waals surface area contributed by atoms with E-state index in [4.69, 9.17) is 9.73 Å². The van der Waals surface area contributed by atoms with Gasteiger partial charge < -0.3 is 20.3 Å². The number of anilines is 3. The lowest BCUT2D eigenvalue weighted by atomic mass is 10.1. The Bertz CT molecular complexity index is 1530. The first kappa shape index (κ1) is 28.5. The summed E-state index contributed by atoms with van der Waals surface area (Å²) in [4.78, 5) is 50.4. The number of nitrogens with zero attached hydrogens (tertiary/aromatic N) is 5. The minimum Gasteiger partial charge on any atom is -0.379 e. The van der Waals surface area contributed by atoms with Gasteiger partial charge in [0.2, 0.25) is 12.1 Å². The first-order chi connectivity index (χ1) is 20.4. The lowest BCUT2D eigenvalue weighted by molar-refractivity contribution is -0.123. The Morgan fingerprint density at radius 3 is 2.55 bits per heavy atom. The molecule has 0 aromatic heterocycles. The Morgan fingerprint density at radius 2 is 1.79 bits per heavy atom. The number of nitriles is 1. The van der Waals surface area contributed by atoms with E-state index >= 15 is 0 Å². The summed E-state index contributed by atoms with van der Waals surface area (Å²) in [6.45, 7) is 2.76. The first-order valence-electron chi connectivity index (χ1n) is 13.6. The molecule has 1 atom stereocenters. The van der Waals surface area contributed by atoms with Gasteiger partial charge in [-0.05, 0) is 36.4 Å². The van der Waals surface area contributed by atoms with Crippen LogP contribution in [-0.2, 0) is 14.3 Å². The van der Waals surface area contributed by atoms with E-state index in [1.54, 1.807) is 37.4 Å². The second-order valence-electron chi connectivity index (χ2n) is 9.89. The van der Waals surface area contributed by atoms with Crippen LogP contribution >= 0.6 is 0 Å². The molecular formula is C31H31N7O4. The second-order valence-corrected chi connectivity index (χ2v) is 9.89. The quantitative estimate of drug-likeness (QED) is 0.453. The molecule has 1 fully saturated rings. The molecule has 3 aromatic rings. The number of likely N-dealkylation sites (N-methyl/N-ethyl adjacent to an activating group) is 1. The molecule has 1 saturated heterocycles. The fourth-order valence-corrected chi connectivity index (χ4v) is 4.85. The van der Waals surface area contributed by atoms with E-state index in [1.807, 2.05) is 48.5 Å². The Morgan fingerprint density at radius 1 is 1.05 bits per heavy atom. The highest BCUT2D eigenvalue weighted by atomic mass is 16.5. The van der Waals surface area contributed by atoms with Gasteiger partial charge in [0.25, 0.3) is 5.91 Å². The van der Waals surface area contributed by atoms with Crippen LogP contribution in [-0.4, -0.2) is 81.1 Å². The fourth-order valence-electron chi connectivity index (χ4n) is 4.85. The Labute approximate surface area is 244 Å². The van der Waals surface area contributed by atoms with Gasteiger partial charge >= 0.3 is 6.03 Å². The third-order valence-corrected chi connectivity index (χ3v) is 7.10. The molecule has 0 saturated carbocycles. The minimum atomic E-state index is -1.30. The predicted octanol–water partition coefficient (Wildman–Crippen LogP) is 2.84. The topological polar surface area (TPSA) is 130 Å². The normalized spacial score (nSPS) is 16.9. The summed E-state index contributed by atoms with van der Waals surface area (Å²) in [5, 5.41) is 14.6. The lowest BCUT2D eigenvalue weighted by Crippen LogP contribution is -2.51. The van der Waals surface area contributed by atoms with Gasteiger partial charge in [-0.25, -0.2) is 4.79 Å². The number of rotatable bonds is 7. The van der Waals surface area contributed by atoms with Crippen molar-refractivity contribution in [3.8, 4) is 6.07 Å². The average Bonchev–Trinajstić information content (AvgIpc) is 3.12. The van der Waals surface area contributed by atoms with Crippen LogP contribution in [0, 0.1) is 11.3 Å². The van der Waals surface area contributed by atoms with Crippen LogP contribution in [0.1, 0.15) is 11.1 Å². The van der Waals surface area contributed by atoms with Gasteiger partial charge in [-0.3, -0.25) is 24.4 Å². The molecule has 3 aromatic carbocycles. The smallest absolute Gasteiger partial charge is 0.321 e. The molecule has 2 aliphatic heterocycles. The highest BCUT2D eigenvalue weighted by molar-refractivity contribution is 6.16. The molecule has 2 N–H and O–H groups in total. The summed E-state index contributed by atoms with van der Waals surface area (Å²) in [5.41, 5.74) is 3.33. The average molecular weight is 566 g/mol.